The Morgan fingerprint density at radius 2 is 2.11 bits per heavy atom. The van der Waals surface area contributed by atoms with Crippen molar-refractivity contribution >= 4 is 17.5 Å². The van der Waals surface area contributed by atoms with Gasteiger partial charge in [0.2, 0.25) is 0 Å². The molecule has 1 saturated carbocycles. The van der Waals surface area contributed by atoms with Crippen molar-refractivity contribution in [2.24, 2.45) is 5.41 Å². The summed E-state index contributed by atoms with van der Waals surface area (Å²) >= 11 is 5.57. The van der Waals surface area contributed by atoms with Crippen LogP contribution in [0.25, 0.3) is 0 Å². The van der Waals surface area contributed by atoms with Crippen molar-refractivity contribution in [2.75, 3.05) is 13.2 Å². The Labute approximate surface area is 116 Å². The summed E-state index contributed by atoms with van der Waals surface area (Å²) in [6.45, 7) is 0.495. The quantitative estimate of drug-likeness (QED) is 0.894. The molecule has 0 saturated heterocycles. The summed E-state index contributed by atoms with van der Waals surface area (Å²) in [7, 11) is 0. The van der Waals surface area contributed by atoms with E-state index in [1.807, 2.05) is 0 Å². The summed E-state index contributed by atoms with van der Waals surface area (Å²) in [5.41, 5.74) is 0.0358. The first-order valence-electron chi connectivity index (χ1n) is 6.40. The monoisotopic (exact) mass is 285 g/mol. The third-order valence-corrected chi connectivity index (χ3v) is 4.11. The van der Waals surface area contributed by atoms with Gasteiger partial charge in [0.05, 0.1) is 11.6 Å². The fourth-order valence-corrected chi connectivity index (χ4v) is 2.64. The van der Waals surface area contributed by atoms with Crippen LogP contribution in [-0.2, 0) is 0 Å². The Bertz CT molecular complexity index is 473. The maximum atomic E-state index is 13.3. The van der Waals surface area contributed by atoms with Gasteiger partial charge in [-0.05, 0) is 31.0 Å². The lowest BCUT2D eigenvalue weighted by Gasteiger charge is -2.26. The van der Waals surface area contributed by atoms with Gasteiger partial charge in [-0.1, -0.05) is 24.4 Å². The summed E-state index contributed by atoms with van der Waals surface area (Å²) in [5, 5.41) is 12.2. The van der Waals surface area contributed by atoms with E-state index in [-0.39, 0.29) is 28.5 Å². The van der Waals surface area contributed by atoms with E-state index < -0.39 is 5.82 Å². The second kappa shape index (κ2) is 5.88. The molecule has 19 heavy (non-hydrogen) atoms. The van der Waals surface area contributed by atoms with E-state index in [1.165, 1.54) is 12.1 Å². The molecule has 0 radical (unpaired) electrons. The van der Waals surface area contributed by atoms with Crippen molar-refractivity contribution in [3.8, 4) is 0 Å². The van der Waals surface area contributed by atoms with Crippen LogP contribution in [0.1, 0.15) is 36.0 Å². The van der Waals surface area contributed by atoms with E-state index in [4.69, 9.17) is 11.6 Å². The SMILES string of the molecule is O=C(NCC1(CO)CCCC1)c1ccc(Cl)c(F)c1. The average molecular weight is 286 g/mol. The molecule has 2 N–H and O–H groups in total. The molecule has 3 nitrogen and oxygen atoms in total. The third kappa shape index (κ3) is 3.25. The lowest BCUT2D eigenvalue weighted by molar-refractivity contribution is 0.0880. The number of aliphatic hydroxyl groups excluding tert-OH is 1. The number of nitrogens with one attached hydrogen (secondary N) is 1. The molecule has 0 spiro atoms. The minimum atomic E-state index is -0.605. The number of halogens is 2. The van der Waals surface area contributed by atoms with Gasteiger partial charge < -0.3 is 10.4 Å². The molecule has 0 bridgehead atoms. The van der Waals surface area contributed by atoms with Crippen LogP contribution < -0.4 is 5.32 Å². The first-order valence-corrected chi connectivity index (χ1v) is 6.78. The van der Waals surface area contributed by atoms with E-state index in [9.17, 15) is 14.3 Å². The Hall–Kier alpha value is -1.13. The molecule has 0 heterocycles. The predicted octanol–water partition coefficient (Wildman–Crippen LogP) is 2.76. The van der Waals surface area contributed by atoms with E-state index in [0.29, 0.717) is 6.54 Å². The van der Waals surface area contributed by atoms with Crippen LogP contribution in [0.2, 0.25) is 5.02 Å². The van der Waals surface area contributed by atoms with Crippen LogP contribution in [0.3, 0.4) is 0 Å². The normalized spacial score (nSPS) is 17.4. The van der Waals surface area contributed by atoms with E-state index >= 15 is 0 Å². The smallest absolute Gasteiger partial charge is 0.251 e. The first-order chi connectivity index (χ1) is 9.06. The van der Waals surface area contributed by atoms with Crippen molar-refractivity contribution in [3.63, 3.8) is 0 Å². The molecule has 1 amide bonds. The summed E-state index contributed by atoms with van der Waals surface area (Å²) in [5.74, 6) is -0.942. The Morgan fingerprint density at radius 3 is 2.68 bits per heavy atom. The zero-order valence-electron chi connectivity index (χ0n) is 10.6. The average Bonchev–Trinajstić information content (AvgIpc) is 2.89. The molecule has 0 aromatic heterocycles. The largest absolute Gasteiger partial charge is 0.396 e. The minimum Gasteiger partial charge on any atom is -0.396 e. The molecule has 0 atom stereocenters. The summed E-state index contributed by atoms with van der Waals surface area (Å²) < 4.78 is 13.3. The Morgan fingerprint density at radius 1 is 1.42 bits per heavy atom. The van der Waals surface area contributed by atoms with Gasteiger partial charge in [-0.25, -0.2) is 4.39 Å². The van der Waals surface area contributed by atoms with Crippen molar-refractivity contribution in [1.82, 2.24) is 5.32 Å². The van der Waals surface area contributed by atoms with Crippen LogP contribution in [-0.4, -0.2) is 24.2 Å². The van der Waals surface area contributed by atoms with Crippen molar-refractivity contribution in [2.45, 2.75) is 25.7 Å². The van der Waals surface area contributed by atoms with Gasteiger partial charge in [0.25, 0.3) is 5.91 Å². The lowest BCUT2D eigenvalue weighted by Crippen LogP contribution is -2.38. The van der Waals surface area contributed by atoms with Crippen LogP contribution in [0.4, 0.5) is 4.39 Å². The molecule has 2 rings (SSSR count). The van der Waals surface area contributed by atoms with Crippen molar-refractivity contribution in [3.05, 3.63) is 34.6 Å². The highest BCUT2D eigenvalue weighted by Gasteiger charge is 2.33. The van der Waals surface area contributed by atoms with Crippen LogP contribution in [0.15, 0.2) is 18.2 Å². The molecule has 0 unspecified atom stereocenters. The second-order valence-electron chi connectivity index (χ2n) is 5.18. The fraction of sp³-hybridized carbons (Fsp3) is 0.500. The van der Waals surface area contributed by atoms with Gasteiger partial charge in [0.15, 0.2) is 0 Å². The third-order valence-electron chi connectivity index (χ3n) is 3.81. The van der Waals surface area contributed by atoms with Gasteiger partial charge in [-0.3, -0.25) is 4.79 Å². The Kier molecular flexibility index (Phi) is 4.42. The van der Waals surface area contributed by atoms with Gasteiger partial charge in [0, 0.05) is 17.5 Å². The number of amides is 1. The zero-order chi connectivity index (χ0) is 13.9. The standard InChI is InChI=1S/C14H17ClFNO2/c15-11-4-3-10(7-12(11)16)13(19)17-8-14(9-18)5-1-2-6-14/h3-4,7,18H,1-2,5-6,8-9H2,(H,17,19). The second-order valence-corrected chi connectivity index (χ2v) is 5.58. The van der Waals surface area contributed by atoms with Gasteiger partial charge in [-0.15, -0.1) is 0 Å². The van der Waals surface area contributed by atoms with Crippen molar-refractivity contribution < 1.29 is 14.3 Å². The van der Waals surface area contributed by atoms with E-state index in [1.54, 1.807) is 0 Å². The molecular weight excluding hydrogens is 269 g/mol. The highest BCUT2D eigenvalue weighted by Crippen LogP contribution is 2.36. The lowest BCUT2D eigenvalue weighted by atomic mass is 9.87. The maximum Gasteiger partial charge on any atom is 0.251 e. The molecule has 1 aliphatic rings. The van der Waals surface area contributed by atoms with Crippen LogP contribution >= 0.6 is 11.6 Å². The van der Waals surface area contributed by atoms with Crippen molar-refractivity contribution in [1.29, 1.82) is 0 Å². The molecule has 0 aliphatic heterocycles. The summed E-state index contributed by atoms with van der Waals surface area (Å²) in [6.07, 6.45) is 3.98. The molecule has 1 aromatic carbocycles. The number of carbonyl (C=O) groups is 1. The van der Waals surface area contributed by atoms with Crippen LogP contribution in [0, 0.1) is 11.2 Å². The molecule has 1 aromatic rings. The Balaban J connectivity index is 1.99. The predicted molar refractivity (Wildman–Crippen MR) is 71.7 cm³/mol. The van der Waals surface area contributed by atoms with E-state index in [0.717, 1.165) is 31.7 Å². The molecular formula is C14H17ClFNO2. The van der Waals surface area contributed by atoms with Gasteiger partial charge in [-0.2, -0.15) is 0 Å². The number of aliphatic hydroxyl groups is 1. The first kappa shape index (κ1) is 14.3. The van der Waals surface area contributed by atoms with Crippen LogP contribution in [0.5, 0.6) is 0 Å². The summed E-state index contributed by atoms with van der Waals surface area (Å²) in [4.78, 5) is 11.9. The molecule has 1 aliphatic carbocycles. The number of carbonyl (C=O) groups excluding carboxylic acids is 1. The highest BCUT2D eigenvalue weighted by atomic mass is 35.5. The van der Waals surface area contributed by atoms with Gasteiger partial charge in [0.1, 0.15) is 5.82 Å². The topological polar surface area (TPSA) is 49.3 Å². The zero-order valence-corrected chi connectivity index (χ0v) is 11.3. The fourth-order valence-electron chi connectivity index (χ4n) is 2.52. The minimum absolute atomic E-state index is 0.000767. The van der Waals surface area contributed by atoms with E-state index in [2.05, 4.69) is 5.32 Å². The molecule has 104 valence electrons. The maximum absolute atomic E-state index is 13.3. The number of rotatable bonds is 4. The molecule has 1 fully saturated rings. The number of benzene rings is 1. The number of hydrogen-bond donors (Lipinski definition) is 2. The summed E-state index contributed by atoms with van der Waals surface area (Å²) in [6, 6.07) is 3.97. The molecule has 5 heteroatoms. The number of hydrogen-bond acceptors (Lipinski definition) is 2. The van der Waals surface area contributed by atoms with Gasteiger partial charge >= 0.3 is 0 Å². The highest BCUT2D eigenvalue weighted by molar-refractivity contribution is 6.30.